The summed E-state index contributed by atoms with van der Waals surface area (Å²) in [6.07, 6.45) is 4.21. The molecule has 4 heteroatoms. The van der Waals surface area contributed by atoms with Crippen LogP contribution in [0.4, 0.5) is 0 Å². The molecule has 0 bridgehead atoms. The van der Waals surface area contributed by atoms with E-state index in [1.165, 1.54) is 15.3 Å². The first-order valence-corrected chi connectivity index (χ1v) is 9.84. The fourth-order valence-corrected chi connectivity index (χ4v) is 4.02. The number of thiazole rings is 1. The van der Waals surface area contributed by atoms with Crippen LogP contribution < -0.4 is 0 Å². The normalized spacial score (nSPS) is 13.0. The van der Waals surface area contributed by atoms with Gasteiger partial charge in [-0.05, 0) is 29.8 Å². The zero-order valence-corrected chi connectivity index (χ0v) is 17.1. The van der Waals surface area contributed by atoms with Crippen molar-refractivity contribution in [3.05, 3.63) is 53.4 Å². The molecule has 0 saturated carbocycles. The van der Waals surface area contributed by atoms with Gasteiger partial charge in [0.15, 0.2) is 0 Å². The molecule has 0 spiro atoms. The van der Waals surface area contributed by atoms with E-state index in [4.69, 9.17) is 9.97 Å². The smallest absolute Gasteiger partial charge is 0.144 e. The van der Waals surface area contributed by atoms with E-state index in [9.17, 15) is 0 Å². The van der Waals surface area contributed by atoms with Gasteiger partial charge in [-0.2, -0.15) is 0 Å². The number of benzene rings is 1. The highest BCUT2D eigenvalue weighted by Crippen LogP contribution is 2.34. The minimum Gasteiger partial charge on any atom is -0.306 e. The van der Waals surface area contributed by atoms with Crippen LogP contribution in [0.5, 0.6) is 0 Å². The fourth-order valence-electron chi connectivity index (χ4n) is 3.02. The summed E-state index contributed by atoms with van der Waals surface area (Å²) < 4.78 is 3.37. The van der Waals surface area contributed by atoms with Crippen LogP contribution in [-0.2, 0) is 10.8 Å². The molecule has 0 N–H and O–H groups in total. The number of nitrogens with zero attached hydrogens (tertiary/aromatic N) is 3. The Balaban J connectivity index is 1.88. The molecule has 1 aromatic carbocycles. The maximum atomic E-state index is 4.93. The zero-order chi connectivity index (χ0) is 18.7. The first-order chi connectivity index (χ1) is 12.1. The molecular weight excluding hydrogens is 338 g/mol. The molecule has 0 amide bonds. The Labute approximate surface area is 158 Å². The van der Waals surface area contributed by atoms with Crippen molar-refractivity contribution in [2.45, 2.75) is 52.4 Å². The maximum absolute atomic E-state index is 4.93. The molecule has 26 heavy (non-hydrogen) atoms. The molecule has 4 rings (SSSR count). The standard InChI is InChI=1S/C22H25N3S/c1-21(2,3)18-13-25-11-7-8-15(19(25)24-18)14-9-10-17-16(12-14)23-20(26-17)22(4,5)6/h7-13H,1-6H3. The lowest BCUT2D eigenvalue weighted by atomic mass is 9.93. The number of hydrogen-bond donors (Lipinski definition) is 0. The summed E-state index contributed by atoms with van der Waals surface area (Å²) in [5, 5.41) is 1.18. The lowest BCUT2D eigenvalue weighted by Crippen LogP contribution is -2.11. The average molecular weight is 364 g/mol. The van der Waals surface area contributed by atoms with Gasteiger partial charge in [0.2, 0.25) is 0 Å². The third-order valence-electron chi connectivity index (χ3n) is 4.59. The maximum Gasteiger partial charge on any atom is 0.144 e. The van der Waals surface area contributed by atoms with Crippen LogP contribution in [0.25, 0.3) is 27.0 Å². The number of imidazole rings is 1. The highest BCUT2D eigenvalue weighted by molar-refractivity contribution is 7.18. The van der Waals surface area contributed by atoms with Gasteiger partial charge < -0.3 is 4.40 Å². The SMILES string of the molecule is CC(C)(C)c1cn2cccc(-c3ccc4sc(C(C)(C)C)nc4c3)c2n1. The van der Waals surface area contributed by atoms with E-state index < -0.39 is 0 Å². The van der Waals surface area contributed by atoms with Crippen LogP contribution in [-0.4, -0.2) is 14.4 Å². The van der Waals surface area contributed by atoms with Crippen molar-refractivity contribution < 1.29 is 0 Å². The number of fused-ring (bicyclic) bond motifs is 2. The molecule has 0 radical (unpaired) electrons. The van der Waals surface area contributed by atoms with Crippen molar-refractivity contribution in [2.24, 2.45) is 0 Å². The van der Waals surface area contributed by atoms with Gasteiger partial charge in [-0.1, -0.05) is 47.6 Å². The monoisotopic (exact) mass is 363 g/mol. The Morgan fingerprint density at radius 1 is 0.923 bits per heavy atom. The molecule has 3 nitrogen and oxygen atoms in total. The zero-order valence-electron chi connectivity index (χ0n) is 16.3. The molecule has 134 valence electrons. The Hall–Kier alpha value is -2.20. The summed E-state index contributed by atoms with van der Waals surface area (Å²) in [7, 11) is 0. The minimum absolute atomic E-state index is 0.0315. The quantitative estimate of drug-likeness (QED) is 0.403. The van der Waals surface area contributed by atoms with Crippen molar-refractivity contribution in [1.29, 1.82) is 0 Å². The van der Waals surface area contributed by atoms with Gasteiger partial charge in [-0.15, -0.1) is 11.3 Å². The number of rotatable bonds is 1. The van der Waals surface area contributed by atoms with Crippen LogP contribution >= 0.6 is 11.3 Å². The summed E-state index contributed by atoms with van der Waals surface area (Å²) in [6, 6.07) is 10.8. The highest BCUT2D eigenvalue weighted by atomic mass is 32.1. The van der Waals surface area contributed by atoms with Crippen molar-refractivity contribution in [3.8, 4) is 11.1 Å². The van der Waals surface area contributed by atoms with Gasteiger partial charge in [-0.25, -0.2) is 9.97 Å². The fraction of sp³-hybridized carbons (Fsp3) is 0.364. The summed E-state index contributed by atoms with van der Waals surface area (Å²) in [6.45, 7) is 13.2. The van der Waals surface area contributed by atoms with Crippen LogP contribution in [0.2, 0.25) is 0 Å². The molecule has 0 aliphatic carbocycles. The van der Waals surface area contributed by atoms with Gasteiger partial charge in [0, 0.05) is 28.8 Å². The molecule has 0 fully saturated rings. The van der Waals surface area contributed by atoms with Crippen molar-refractivity contribution in [3.63, 3.8) is 0 Å². The highest BCUT2D eigenvalue weighted by Gasteiger charge is 2.20. The second kappa shape index (κ2) is 5.65. The van der Waals surface area contributed by atoms with Gasteiger partial charge in [0.1, 0.15) is 5.65 Å². The molecule has 0 atom stereocenters. The summed E-state index contributed by atoms with van der Waals surface area (Å²) in [4.78, 5) is 9.82. The molecule has 0 saturated heterocycles. The predicted octanol–water partition coefficient (Wildman–Crippen LogP) is 6.21. The summed E-state index contributed by atoms with van der Waals surface area (Å²) in [5.41, 5.74) is 5.60. The van der Waals surface area contributed by atoms with Crippen molar-refractivity contribution in [1.82, 2.24) is 14.4 Å². The van der Waals surface area contributed by atoms with Crippen molar-refractivity contribution in [2.75, 3.05) is 0 Å². The third-order valence-corrected chi connectivity index (χ3v) is 6.05. The Morgan fingerprint density at radius 2 is 1.69 bits per heavy atom. The molecular formula is C22H25N3S. The van der Waals surface area contributed by atoms with Gasteiger partial charge >= 0.3 is 0 Å². The summed E-state index contributed by atoms with van der Waals surface area (Å²) in [5.74, 6) is 0. The van der Waals surface area contributed by atoms with E-state index in [1.807, 2.05) is 0 Å². The second-order valence-corrected chi connectivity index (χ2v) is 10.0. The van der Waals surface area contributed by atoms with Crippen LogP contribution in [0.1, 0.15) is 52.2 Å². The van der Waals surface area contributed by atoms with Crippen molar-refractivity contribution >= 4 is 27.2 Å². The van der Waals surface area contributed by atoms with Gasteiger partial charge in [0.05, 0.1) is 20.9 Å². The van der Waals surface area contributed by atoms with Gasteiger partial charge in [0.25, 0.3) is 0 Å². The second-order valence-electron chi connectivity index (χ2n) is 8.98. The first kappa shape index (κ1) is 17.2. The lowest BCUT2D eigenvalue weighted by molar-refractivity contribution is 0.573. The van der Waals surface area contributed by atoms with Gasteiger partial charge in [-0.3, -0.25) is 0 Å². The van der Waals surface area contributed by atoms with Crippen LogP contribution in [0.3, 0.4) is 0 Å². The van der Waals surface area contributed by atoms with E-state index in [2.05, 4.69) is 88.7 Å². The third kappa shape index (κ3) is 2.92. The van der Waals surface area contributed by atoms with E-state index >= 15 is 0 Å². The Bertz CT molecular complexity index is 1100. The van der Waals surface area contributed by atoms with E-state index in [1.54, 1.807) is 11.3 Å². The average Bonchev–Trinajstić information content (AvgIpc) is 3.17. The first-order valence-electron chi connectivity index (χ1n) is 9.02. The Morgan fingerprint density at radius 3 is 2.38 bits per heavy atom. The number of hydrogen-bond acceptors (Lipinski definition) is 3. The molecule has 0 aliphatic rings. The summed E-state index contributed by atoms with van der Waals surface area (Å²) >= 11 is 1.79. The molecule has 0 unspecified atom stereocenters. The van der Waals surface area contributed by atoms with E-state index in [0.717, 1.165) is 22.4 Å². The Kier molecular flexibility index (Phi) is 3.74. The van der Waals surface area contributed by atoms with E-state index in [0.29, 0.717) is 0 Å². The largest absolute Gasteiger partial charge is 0.306 e. The number of pyridine rings is 1. The lowest BCUT2D eigenvalue weighted by Gasteiger charge is -2.13. The number of aromatic nitrogens is 3. The minimum atomic E-state index is 0.0315. The van der Waals surface area contributed by atoms with E-state index in [-0.39, 0.29) is 10.8 Å². The van der Waals surface area contributed by atoms with Crippen LogP contribution in [0.15, 0.2) is 42.7 Å². The molecule has 3 heterocycles. The molecule has 0 aliphatic heterocycles. The van der Waals surface area contributed by atoms with Crippen LogP contribution in [0, 0.1) is 0 Å². The predicted molar refractivity (Wildman–Crippen MR) is 111 cm³/mol. The topological polar surface area (TPSA) is 30.2 Å². The molecule has 4 aromatic rings. The molecule has 3 aromatic heterocycles.